The monoisotopic (exact) mass is 425 g/mol. The van der Waals surface area contributed by atoms with E-state index in [2.05, 4.69) is 31.8 Å². The number of hydrazone groups is 1. The molecule has 2 N–H and O–H groups in total. The van der Waals surface area contributed by atoms with E-state index < -0.39 is 17.6 Å². The van der Waals surface area contributed by atoms with Crippen LogP contribution in [0.25, 0.3) is 6.08 Å². The van der Waals surface area contributed by atoms with Gasteiger partial charge in [0.25, 0.3) is 5.91 Å². The fourth-order valence-electron chi connectivity index (χ4n) is 1.94. The van der Waals surface area contributed by atoms with Crippen molar-refractivity contribution in [3.63, 3.8) is 0 Å². The lowest BCUT2D eigenvalue weighted by Gasteiger charge is -2.09. The summed E-state index contributed by atoms with van der Waals surface area (Å²) in [5.41, 5.74) is 2.67. The Morgan fingerprint density at radius 3 is 2.54 bits per heavy atom. The van der Waals surface area contributed by atoms with E-state index in [9.17, 15) is 18.0 Å². The Hall–Kier alpha value is -2.61. The number of rotatable bonds is 6. The number of carbonyl (C=O) groups excluding carboxylic acids is 1. The minimum Gasteiger partial charge on any atom is -0.376 e. The molecule has 0 saturated carbocycles. The van der Waals surface area contributed by atoms with Crippen molar-refractivity contribution >= 4 is 39.8 Å². The SMILES string of the molecule is O=C(CNc1cccc(C(F)(F)F)c1)N/N=C\C(Br)=C\c1ccccc1. The van der Waals surface area contributed by atoms with Crippen LogP contribution in [0.2, 0.25) is 0 Å². The van der Waals surface area contributed by atoms with Crippen molar-refractivity contribution in [2.45, 2.75) is 6.18 Å². The average molecular weight is 426 g/mol. The zero-order chi connectivity index (χ0) is 19.0. The second-order valence-corrected chi connectivity index (χ2v) is 6.08. The van der Waals surface area contributed by atoms with Crippen molar-refractivity contribution < 1.29 is 18.0 Å². The molecule has 2 aromatic rings. The third-order valence-corrected chi connectivity index (χ3v) is 3.56. The van der Waals surface area contributed by atoms with Crippen molar-refractivity contribution in [1.29, 1.82) is 0 Å². The maximum absolute atomic E-state index is 12.6. The molecule has 0 saturated heterocycles. The van der Waals surface area contributed by atoms with Crippen LogP contribution in [-0.2, 0) is 11.0 Å². The number of benzene rings is 2. The van der Waals surface area contributed by atoms with Crippen LogP contribution in [0.3, 0.4) is 0 Å². The van der Waals surface area contributed by atoms with Gasteiger partial charge in [-0.2, -0.15) is 18.3 Å². The van der Waals surface area contributed by atoms with Gasteiger partial charge in [0.1, 0.15) is 0 Å². The van der Waals surface area contributed by atoms with Crippen molar-refractivity contribution in [3.05, 3.63) is 70.2 Å². The van der Waals surface area contributed by atoms with E-state index >= 15 is 0 Å². The van der Waals surface area contributed by atoms with E-state index in [1.807, 2.05) is 36.4 Å². The lowest BCUT2D eigenvalue weighted by atomic mass is 10.2. The molecule has 26 heavy (non-hydrogen) atoms. The number of hydrogen-bond donors (Lipinski definition) is 2. The minimum atomic E-state index is -4.43. The van der Waals surface area contributed by atoms with E-state index in [1.54, 1.807) is 0 Å². The van der Waals surface area contributed by atoms with E-state index in [-0.39, 0.29) is 12.2 Å². The molecule has 0 aliphatic rings. The van der Waals surface area contributed by atoms with Crippen LogP contribution in [0, 0.1) is 0 Å². The number of anilines is 1. The zero-order valence-corrected chi connectivity index (χ0v) is 15.0. The highest BCUT2D eigenvalue weighted by atomic mass is 79.9. The first-order valence-corrected chi connectivity index (χ1v) is 8.29. The number of nitrogens with one attached hydrogen (secondary N) is 2. The second-order valence-electron chi connectivity index (χ2n) is 5.17. The summed E-state index contributed by atoms with van der Waals surface area (Å²) in [6.07, 6.45) is -1.20. The first kappa shape index (κ1) is 19.7. The molecule has 8 heteroatoms. The van der Waals surface area contributed by atoms with Crippen LogP contribution < -0.4 is 10.7 Å². The summed E-state index contributed by atoms with van der Waals surface area (Å²) >= 11 is 3.31. The van der Waals surface area contributed by atoms with Gasteiger partial charge in [-0.3, -0.25) is 4.79 Å². The van der Waals surface area contributed by atoms with E-state index in [4.69, 9.17) is 0 Å². The van der Waals surface area contributed by atoms with Crippen molar-refractivity contribution in [2.24, 2.45) is 5.10 Å². The predicted octanol–water partition coefficient (Wildman–Crippen LogP) is 4.66. The maximum Gasteiger partial charge on any atom is 0.416 e. The van der Waals surface area contributed by atoms with Gasteiger partial charge >= 0.3 is 6.18 Å². The zero-order valence-electron chi connectivity index (χ0n) is 13.4. The standard InChI is InChI=1S/C18H15BrF3N3O/c19-15(9-13-5-2-1-3-6-13)11-24-25-17(26)12-23-16-8-4-7-14(10-16)18(20,21)22/h1-11,23H,12H2,(H,25,26)/b15-9-,24-11-. The Kier molecular flexibility index (Phi) is 6.97. The third-order valence-electron chi connectivity index (χ3n) is 3.12. The van der Waals surface area contributed by atoms with Crippen LogP contribution in [0.5, 0.6) is 0 Å². The summed E-state index contributed by atoms with van der Waals surface area (Å²) in [4.78, 5) is 11.7. The highest BCUT2D eigenvalue weighted by molar-refractivity contribution is 9.12. The van der Waals surface area contributed by atoms with Gasteiger partial charge in [0.05, 0.1) is 18.3 Å². The second kappa shape index (κ2) is 9.19. The number of amides is 1. The number of alkyl halides is 3. The summed E-state index contributed by atoms with van der Waals surface area (Å²) in [6.45, 7) is -0.210. The quantitative estimate of drug-likeness (QED) is 0.522. The van der Waals surface area contributed by atoms with Crippen molar-refractivity contribution in [3.8, 4) is 0 Å². The van der Waals surface area contributed by atoms with E-state index in [0.717, 1.165) is 17.7 Å². The number of carbonyl (C=O) groups is 1. The smallest absolute Gasteiger partial charge is 0.376 e. The molecule has 0 spiro atoms. The van der Waals surface area contributed by atoms with Crippen LogP contribution in [0.1, 0.15) is 11.1 Å². The first-order valence-electron chi connectivity index (χ1n) is 7.50. The molecule has 0 fully saturated rings. The van der Waals surface area contributed by atoms with Gasteiger partial charge in [0.2, 0.25) is 0 Å². The molecule has 2 rings (SSSR count). The van der Waals surface area contributed by atoms with Gasteiger partial charge < -0.3 is 5.32 Å². The summed E-state index contributed by atoms with van der Waals surface area (Å²) < 4.78 is 38.5. The van der Waals surface area contributed by atoms with Gasteiger partial charge in [-0.15, -0.1) is 0 Å². The van der Waals surface area contributed by atoms with Crippen molar-refractivity contribution in [2.75, 3.05) is 11.9 Å². The molecule has 0 atom stereocenters. The first-order chi connectivity index (χ1) is 12.3. The largest absolute Gasteiger partial charge is 0.416 e. The molecule has 0 unspecified atom stereocenters. The fourth-order valence-corrected chi connectivity index (χ4v) is 2.31. The molecule has 0 aromatic heterocycles. The van der Waals surface area contributed by atoms with Gasteiger partial charge in [-0.1, -0.05) is 36.4 Å². The Labute approximate surface area is 156 Å². The molecule has 136 valence electrons. The molecule has 0 heterocycles. The normalized spacial score (nSPS) is 12.2. The summed E-state index contributed by atoms with van der Waals surface area (Å²) in [5, 5.41) is 6.40. The molecule has 0 radical (unpaired) electrons. The molecule has 0 aliphatic carbocycles. The predicted molar refractivity (Wildman–Crippen MR) is 99.9 cm³/mol. The van der Waals surface area contributed by atoms with Crippen LogP contribution in [-0.4, -0.2) is 18.7 Å². The number of allylic oxidation sites excluding steroid dienone is 1. The number of hydrogen-bond acceptors (Lipinski definition) is 3. The summed E-state index contributed by atoms with van der Waals surface area (Å²) in [6, 6.07) is 14.1. The lowest BCUT2D eigenvalue weighted by molar-refractivity contribution is -0.137. The molecule has 4 nitrogen and oxygen atoms in total. The molecular weight excluding hydrogens is 411 g/mol. The lowest BCUT2D eigenvalue weighted by Crippen LogP contribution is -2.25. The van der Waals surface area contributed by atoms with Crippen LogP contribution in [0.15, 0.2) is 64.2 Å². The maximum atomic E-state index is 12.6. The molecule has 2 aromatic carbocycles. The van der Waals surface area contributed by atoms with Crippen LogP contribution in [0.4, 0.5) is 18.9 Å². The van der Waals surface area contributed by atoms with Gasteiger partial charge in [0.15, 0.2) is 0 Å². The summed E-state index contributed by atoms with van der Waals surface area (Å²) in [5.74, 6) is -0.487. The van der Waals surface area contributed by atoms with E-state index in [1.165, 1.54) is 18.3 Å². The Morgan fingerprint density at radius 1 is 1.12 bits per heavy atom. The van der Waals surface area contributed by atoms with Gasteiger partial charge in [-0.25, -0.2) is 5.43 Å². The average Bonchev–Trinajstić information content (AvgIpc) is 2.60. The number of halogens is 4. The van der Waals surface area contributed by atoms with Gasteiger partial charge in [-0.05, 0) is 45.8 Å². The Morgan fingerprint density at radius 2 is 1.85 bits per heavy atom. The topological polar surface area (TPSA) is 53.5 Å². The third kappa shape index (κ3) is 6.72. The molecule has 0 aliphatic heterocycles. The summed E-state index contributed by atoms with van der Waals surface area (Å²) in [7, 11) is 0. The minimum absolute atomic E-state index is 0.198. The van der Waals surface area contributed by atoms with Crippen LogP contribution >= 0.6 is 15.9 Å². The molecular formula is C18H15BrF3N3O. The van der Waals surface area contributed by atoms with E-state index in [0.29, 0.717) is 4.48 Å². The van der Waals surface area contributed by atoms with Gasteiger partial charge in [0, 0.05) is 10.2 Å². The Bertz CT molecular complexity index is 805. The molecule has 1 amide bonds. The highest BCUT2D eigenvalue weighted by Gasteiger charge is 2.30. The Balaban J connectivity index is 1.83. The highest BCUT2D eigenvalue weighted by Crippen LogP contribution is 2.30. The fraction of sp³-hybridized carbons (Fsp3) is 0.111. The molecule has 0 bridgehead atoms. The number of nitrogens with zero attached hydrogens (tertiary/aromatic N) is 1. The van der Waals surface area contributed by atoms with Crippen molar-refractivity contribution in [1.82, 2.24) is 5.43 Å².